The average molecular weight is 313 g/mol. The predicted octanol–water partition coefficient (Wildman–Crippen LogP) is 3.31. The summed E-state index contributed by atoms with van der Waals surface area (Å²) in [4.78, 5) is 8.98. The molecule has 0 amide bonds. The van der Waals surface area contributed by atoms with Crippen molar-refractivity contribution in [3.63, 3.8) is 0 Å². The molecule has 22 heavy (non-hydrogen) atoms. The van der Waals surface area contributed by atoms with Crippen LogP contribution in [0.15, 0.2) is 42.7 Å². The molecule has 0 radical (unpaired) electrons. The summed E-state index contributed by atoms with van der Waals surface area (Å²) in [6.45, 7) is 0.186. The Morgan fingerprint density at radius 2 is 2.00 bits per heavy atom. The molecule has 0 aliphatic carbocycles. The van der Waals surface area contributed by atoms with Crippen molar-refractivity contribution in [1.82, 2.24) is 9.97 Å². The van der Waals surface area contributed by atoms with Gasteiger partial charge in [0.1, 0.15) is 0 Å². The molecule has 0 saturated heterocycles. The summed E-state index contributed by atoms with van der Waals surface area (Å²) in [6, 6.07) is 10.4. The fourth-order valence-corrected chi connectivity index (χ4v) is 3.31. The van der Waals surface area contributed by atoms with Gasteiger partial charge >= 0.3 is 0 Å². The zero-order valence-corrected chi connectivity index (χ0v) is 13.3. The minimum atomic E-state index is 0.186. The summed E-state index contributed by atoms with van der Waals surface area (Å²) in [7, 11) is 0. The summed E-state index contributed by atoms with van der Waals surface area (Å²) < 4.78 is 0. The molecule has 1 unspecified atom stereocenters. The maximum Gasteiger partial charge on any atom is 0.0985 e. The second-order valence-corrected chi connectivity index (χ2v) is 6.11. The van der Waals surface area contributed by atoms with Crippen molar-refractivity contribution in [2.75, 3.05) is 23.9 Å². The third-order valence-corrected chi connectivity index (χ3v) is 4.42. The van der Waals surface area contributed by atoms with Gasteiger partial charge in [0.05, 0.1) is 11.0 Å². The van der Waals surface area contributed by atoms with Crippen molar-refractivity contribution in [1.29, 1.82) is 0 Å². The van der Waals surface area contributed by atoms with Crippen LogP contribution in [0.4, 0.5) is 5.69 Å². The number of aromatic nitrogens is 2. The zero-order chi connectivity index (χ0) is 15.4. The lowest BCUT2D eigenvalue weighted by atomic mass is 10.1. The minimum Gasteiger partial charge on any atom is -0.396 e. The number of hydrogen-bond donors (Lipinski definition) is 2. The Kier molecular flexibility index (Phi) is 4.75. The highest BCUT2D eigenvalue weighted by atomic mass is 32.2. The van der Waals surface area contributed by atoms with Crippen molar-refractivity contribution in [2.45, 2.75) is 12.5 Å². The molecular formula is C17H19N3OS. The summed E-state index contributed by atoms with van der Waals surface area (Å²) in [6.07, 6.45) is 6.42. The lowest BCUT2D eigenvalue weighted by molar-refractivity contribution is 0.282. The van der Waals surface area contributed by atoms with Crippen LogP contribution >= 0.6 is 11.8 Å². The second-order valence-electron chi connectivity index (χ2n) is 5.20. The number of rotatable bonds is 6. The van der Waals surface area contributed by atoms with E-state index in [-0.39, 0.29) is 12.6 Å². The van der Waals surface area contributed by atoms with Gasteiger partial charge < -0.3 is 10.4 Å². The first-order valence-electron chi connectivity index (χ1n) is 7.32. The molecule has 0 aliphatic rings. The molecule has 0 spiro atoms. The highest BCUT2D eigenvalue weighted by Crippen LogP contribution is 2.28. The first kappa shape index (κ1) is 15.1. The molecule has 2 N–H and O–H groups in total. The van der Waals surface area contributed by atoms with Crippen LogP contribution in [0.5, 0.6) is 0 Å². The van der Waals surface area contributed by atoms with E-state index in [0.29, 0.717) is 0 Å². The van der Waals surface area contributed by atoms with Gasteiger partial charge in [-0.2, -0.15) is 11.8 Å². The van der Waals surface area contributed by atoms with Crippen molar-refractivity contribution in [2.24, 2.45) is 0 Å². The number of nitrogens with one attached hydrogen (secondary N) is 1. The molecule has 2 heterocycles. The van der Waals surface area contributed by atoms with Gasteiger partial charge in [0.2, 0.25) is 0 Å². The van der Waals surface area contributed by atoms with Gasteiger partial charge in [-0.3, -0.25) is 9.97 Å². The maximum atomic E-state index is 9.22. The van der Waals surface area contributed by atoms with Gasteiger partial charge in [-0.1, -0.05) is 12.1 Å². The van der Waals surface area contributed by atoms with Crippen LogP contribution in [0.3, 0.4) is 0 Å². The quantitative estimate of drug-likeness (QED) is 0.684. The van der Waals surface area contributed by atoms with Crippen LogP contribution in [0.1, 0.15) is 6.42 Å². The van der Waals surface area contributed by atoms with Crippen molar-refractivity contribution in [3.05, 3.63) is 42.7 Å². The molecule has 1 atom stereocenters. The van der Waals surface area contributed by atoms with Crippen LogP contribution < -0.4 is 5.32 Å². The number of anilines is 1. The number of nitrogens with zero attached hydrogens (tertiary/aromatic N) is 2. The molecule has 0 fully saturated rings. The lowest BCUT2D eigenvalue weighted by Gasteiger charge is -2.19. The first-order chi connectivity index (χ1) is 10.8. The average Bonchev–Trinajstić information content (AvgIpc) is 2.55. The molecule has 2 aromatic heterocycles. The van der Waals surface area contributed by atoms with Crippen LogP contribution in [-0.2, 0) is 0 Å². The molecule has 4 nitrogen and oxygen atoms in total. The van der Waals surface area contributed by atoms with Crippen molar-refractivity contribution >= 4 is 39.3 Å². The molecular weight excluding hydrogens is 294 g/mol. The topological polar surface area (TPSA) is 58.0 Å². The monoisotopic (exact) mass is 313 g/mol. The van der Waals surface area contributed by atoms with Gasteiger partial charge in [0.15, 0.2) is 0 Å². The van der Waals surface area contributed by atoms with Crippen molar-refractivity contribution in [3.8, 4) is 0 Å². The van der Waals surface area contributed by atoms with Crippen LogP contribution in [0, 0.1) is 0 Å². The molecule has 5 heteroatoms. The highest BCUT2D eigenvalue weighted by Gasteiger charge is 2.11. The van der Waals surface area contributed by atoms with Gasteiger partial charge in [-0.15, -0.1) is 0 Å². The Bertz CT molecular complexity index is 772. The summed E-state index contributed by atoms with van der Waals surface area (Å²) in [5.41, 5.74) is 2.88. The normalized spacial score (nSPS) is 12.6. The molecule has 3 rings (SSSR count). The number of pyridine rings is 2. The summed E-state index contributed by atoms with van der Waals surface area (Å²) in [5.74, 6) is 0.955. The van der Waals surface area contributed by atoms with E-state index in [1.807, 2.05) is 24.4 Å². The van der Waals surface area contributed by atoms with Crippen molar-refractivity contribution < 1.29 is 5.11 Å². The van der Waals surface area contributed by atoms with E-state index < -0.39 is 0 Å². The molecule has 3 aromatic rings. The fraction of sp³-hybridized carbons (Fsp3) is 0.294. The van der Waals surface area contributed by atoms with Gasteiger partial charge in [0, 0.05) is 47.3 Å². The predicted molar refractivity (Wildman–Crippen MR) is 94.5 cm³/mol. The van der Waals surface area contributed by atoms with Gasteiger partial charge in [-0.05, 0) is 30.9 Å². The van der Waals surface area contributed by atoms with Gasteiger partial charge in [0.25, 0.3) is 0 Å². The fourth-order valence-electron chi connectivity index (χ4n) is 2.65. The summed E-state index contributed by atoms with van der Waals surface area (Å²) in [5, 5.41) is 14.9. The Balaban J connectivity index is 2.04. The number of fused-ring (bicyclic) bond motifs is 3. The first-order valence-corrected chi connectivity index (χ1v) is 8.71. The number of aliphatic hydroxyl groups excluding tert-OH is 1. The van der Waals surface area contributed by atoms with Crippen LogP contribution in [-0.4, -0.2) is 39.7 Å². The Morgan fingerprint density at radius 3 is 2.82 bits per heavy atom. The molecule has 0 bridgehead atoms. The Hall–Kier alpha value is -1.85. The second kappa shape index (κ2) is 6.94. The summed E-state index contributed by atoms with van der Waals surface area (Å²) >= 11 is 1.78. The van der Waals surface area contributed by atoms with E-state index in [4.69, 9.17) is 0 Å². The minimum absolute atomic E-state index is 0.186. The van der Waals surface area contributed by atoms with E-state index in [1.54, 1.807) is 18.0 Å². The SMILES string of the molecule is CSCC(CCO)Nc1ccnc2c1ccc1cccnc12. The van der Waals surface area contributed by atoms with Gasteiger partial charge in [-0.25, -0.2) is 0 Å². The third-order valence-electron chi connectivity index (χ3n) is 3.69. The van der Waals surface area contributed by atoms with E-state index in [9.17, 15) is 5.11 Å². The molecule has 0 saturated carbocycles. The van der Waals surface area contributed by atoms with E-state index in [2.05, 4.69) is 33.7 Å². The Morgan fingerprint density at radius 1 is 1.14 bits per heavy atom. The maximum absolute atomic E-state index is 9.22. The molecule has 0 aliphatic heterocycles. The number of benzene rings is 1. The Labute approximate surface area is 134 Å². The smallest absolute Gasteiger partial charge is 0.0985 e. The zero-order valence-electron chi connectivity index (χ0n) is 12.5. The number of hydrogen-bond acceptors (Lipinski definition) is 5. The van der Waals surface area contributed by atoms with E-state index in [0.717, 1.165) is 39.7 Å². The standard InChI is InChI=1S/C17H19N3OS/c1-22-11-13(7-10-21)20-15-6-9-19-17-14(15)5-4-12-3-2-8-18-16(12)17/h2-6,8-9,13,21H,7,10-11H2,1H3,(H,19,20). The highest BCUT2D eigenvalue weighted by molar-refractivity contribution is 7.98. The van der Waals surface area contributed by atoms with Crippen LogP contribution in [0.25, 0.3) is 21.8 Å². The molecule has 1 aromatic carbocycles. The van der Waals surface area contributed by atoms with Crippen LogP contribution in [0.2, 0.25) is 0 Å². The molecule has 114 valence electrons. The third kappa shape index (κ3) is 3.00. The lowest BCUT2D eigenvalue weighted by Crippen LogP contribution is -2.23. The van der Waals surface area contributed by atoms with E-state index >= 15 is 0 Å². The largest absolute Gasteiger partial charge is 0.396 e. The number of thioether (sulfide) groups is 1. The van der Waals surface area contributed by atoms with E-state index in [1.165, 1.54) is 0 Å². The number of aliphatic hydroxyl groups is 1.